The molecule has 4 rings (SSSR count). The van der Waals surface area contributed by atoms with E-state index in [0.717, 1.165) is 39.9 Å². The van der Waals surface area contributed by atoms with Gasteiger partial charge in [0.1, 0.15) is 6.61 Å². The second kappa shape index (κ2) is 12.3. The predicted octanol–water partition coefficient (Wildman–Crippen LogP) is 8.47. The molecule has 10 heteroatoms. The smallest absolute Gasteiger partial charge is 0.416 e. The van der Waals surface area contributed by atoms with Gasteiger partial charge in [0.05, 0.1) is 22.8 Å². The molecule has 39 heavy (non-hydrogen) atoms. The number of amides is 1. The van der Waals surface area contributed by atoms with Crippen LogP contribution in [-0.4, -0.2) is 16.8 Å². The van der Waals surface area contributed by atoms with E-state index in [1.807, 2.05) is 25.1 Å². The molecular weight excluding hydrogens is 567 g/mol. The number of rotatable bonds is 9. The van der Waals surface area contributed by atoms with Crippen LogP contribution < -0.4 is 14.4 Å². The van der Waals surface area contributed by atoms with Crippen LogP contribution in [0.1, 0.15) is 29.2 Å². The van der Waals surface area contributed by atoms with Crippen molar-refractivity contribution in [2.45, 2.75) is 26.1 Å². The van der Waals surface area contributed by atoms with Gasteiger partial charge in [-0.2, -0.15) is 13.2 Å². The van der Waals surface area contributed by atoms with Gasteiger partial charge in [-0.1, -0.05) is 59.9 Å². The topological polar surface area (TPSA) is 38.8 Å². The molecule has 0 radical (unpaired) electrons. The monoisotopic (exact) mass is 589 g/mol. The van der Waals surface area contributed by atoms with E-state index in [9.17, 15) is 18.0 Å². The first-order valence-electron chi connectivity index (χ1n) is 11.8. The van der Waals surface area contributed by atoms with Gasteiger partial charge in [-0.15, -0.1) is 6.58 Å². The summed E-state index contributed by atoms with van der Waals surface area (Å²) in [5.41, 5.74) is 1.57. The van der Waals surface area contributed by atoms with Crippen molar-refractivity contribution in [3.63, 3.8) is 0 Å². The van der Waals surface area contributed by atoms with Gasteiger partial charge in [0, 0.05) is 10.6 Å². The molecule has 202 valence electrons. The SMILES string of the molecule is C=CCc1cc(/C=C2/SC(=S)N(c3cccc(C(F)(F)F)c3)C2=O)cc(OCC)c1OCc1ccc(Cl)cc1. The van der Waals surface area contributed by atoms with Crippen molar-refractivity contribution in [1.82, 2.24) is 0 Å². The van der Waals surface area contributed by atoms with Crippen molar-refractivity contribution >= 4 is 57.6 Å². The minimum Gasteiger partial charge on any atom is -0.490 e. The molecule has 1 fully saturated rings. The maximum Gasteiger partial charge on any atom is 0.416 e. The number of alkyl halides is 3. The van der Waals surface area contributed by atoms with Crippen molar-refractivity contribution in [3.8, 4) is 11.5 Å². The molecular formula is C29H23ClF3NO3S2. The minimum atomic E-state index is -4.54. The van der Waals surface area contributed by atoms with E-state index in [1.54, 1.807) is 30.4 Å². The number of benzene rings is 3. The molecule has 0 spiro atoms. The summed E-state index contributed by atoms with van der Waals surface area (Å²) in [6.07, 6.45) is -0.689. The van der Waals surface area contributed by atoms with E-state index in [4.69, 9.17) is 33.3 Å². The molecule has 0 bridgehead atoms. The Morgan fingerprint density at radius 3 is 2.51 bits per heavy atom. The lowest BCUT2D eigenvalue weighted by Gasteiger charge is -2.17. The number of hydrogen-bond acceptors (Lipinski definition) is 5. The third-order valence-corrected chi connectivity index (χ3v) is 7.19. The highest BCUT2D eigenvalue weighted by Crippen LogP contribution is 2.40. The highest BCUT2D eigenvalue weighted by Gasteiger charge is 2.36. The summed E-state index contributed by atoms with van der Waals surface area (Å²) in [7, 11) is 0. The van der Waals surface area contributed by atoms with Crippen LogP contribution in [0.25, 0.3) is 6.08 Å². The van der Waals surface area contributed by atoms with Gasteiger partial charge >= 0.3 is 6.18 Å². The first kappa shape index (κ1) is 28.7. The zero-order valence-corrected chi connectivity index (χ0v) is 23.1. The predicted molar refractivity (Wildman–Crippen MR) is 154 cm³/mol. The van der Waals surface area contributed by atoms with Gasteiger partial charge in [0.2, 0.25) is 0 Å². The Hall–Kier alpha value is -3.27. The fourth-order valence-electron chi connectivity index (χ4n) is 3.90. The zero-order chi connectivity index (χ0) is 28.2. The summed E-state index contributed by atoms with van der Waals surface area (Å²) in [6.45, 7) is 6.35. The summed E-state index contributed by atoms with van der Waals surface area (Å²) in [5, 5.41) is 0.629. The van der Waals surface area contributed by atoms with Crippen LogP contribution in [0, 0.1) is 0 Å². The van der Waals surface area contributed by atoms with Gasteiger partial charge in [-0.3, -0.25) is 9.69 Å². The molecule has 1 amide bonds. The zero-order valence-electron chi connectivity index (χ0n) is 20.8. The van der Waals surface area contributed by atoms with Crippen molar-refractivity contribution in [1.29, 1.82) is 0 Å². The van der Waals surface area contributed by atoms with Crippen molar-refractivity contribution in [3.05, 3.63) is 106 Å². The Bertz CT molecular complexity index is 1440. The van der Waals surface area contributed by atoms with Crippen molar-refractivity contribution < 1.29 is 27.4 Å². The summed E-state index contributed by atoms with van der Waals surface area (Å²) in [4.78, 5) is 14.6. The maximum absolute atomic E-state index is 13.2. The molecule has 0 unspecified atom stereocenters. The lowest BCUT2D eigenvalue weighted by atomic mass is 10.0. The number of hydrogen-bond donors (Lipinski definition) is 0. The number of thiocarbonyl (C=S) groups is 1. The molecule has 0 saturated carbocycles. The molecule has 3 aromatic rings. The third-order valence-electron chi connectivity index (χ3n) is 5.64. The average molecular weight is 590 g/mol. The van der Waals surface area contributed by atoms with Gasteiger partial charge < -0.3 is 9.47 Å². The Morgan fingerprint density at radius 1 is 1.10 bits per heavy atom. The summed E-state index contributed by atoms with van der Waals surface area (Å²) < 4.78 is 51.8. The Kier molecular flexibility index (Phi) is 9.04. The summed E-state index contributed by atoms with van der Waals surface area (Å²) in [5.74, 6) is 0.543. The molecule has 1 aliphatic rings. The van der Waals surface area contributed by atoms with Crippen LogP contribution in [0.5, 0.6) is 11.5 Å². The lowest BCUT2D eigenvalue weighted by molar-refractivity contribution is -0.137. The van der Waals surface area contributed by atoms with E-state index >= 15 is 0 Å². The Balaban J connectivity index is 1.66. The van der Waals surface area contributed by atoms with Crippen molar-refractivity contribution in [2.24, 2.45) is 0 Å². The van der Waals surface area contributed by atoms with Crippen LogP contribution in [0.4, 0.5) is 18.9 Å². The number of ether oxygens (including phenoxy) is 2. The number of allylic oxidation sites excluding steroid dienone is 1. The molecule has 0 aromatic heterocycles. The van der Waals surface area contributed by atoms with Crippen LogP contribution in [0.2, 0.25) is 5.02 Å². The van der Waals surface area contributed by atoms with E-state index < -0.39 is 17.6 Å². The average Bonchev–Trinajstić information content (AvgIpc) is 3.16. The first-order chi connectivity index (χ1) is 18.6. The van der Waals surface area contributed by atoms with Gasteiger partial charge in [-0.25, -0.2) is 0 Å². The molecule has 0 atom stereocenters. The molecule has 1 saturated heterocycles. The Labute approximate surface area is 239 Å². The highest BCUT2D eigenvalue weighted by atomic mass is 35.5. The number of thioether (sulfide) groups is 1. The largest absolute Gasteiger partial charge is 0.490 e. The second-order valence-electron chi connectivity index (χ2n) is 8.41. The second-order valence-corrected chi connectivity index (χ2v) is 10.5. The van der Waals surface area contributed by atoms with Crippen LogP contribution in [-0.2, 0) is 24.0 Å². The number of nitrogens with zero attached hydrogens (tertiary/aromatic N) is 1. The first-order valence-corrected chi connectivity index (χ1v) is 13.4. The van der Waals surface area contributed by atoms with E-state index in [-0.39, 0.29) is 21.5 Å². The van der Waals surface area contributed by atoms with Crippen molar-refractivity contribution in [2.75, 3.05) is 11.5 Å². The number of carbonyl (C=O) groups excluding carboxylic acids is 1. The number of anilines is 1. The molecule has 0 aliphatic carbocycles. The summed E-state index contributed by atoms with van der Waals surface area (Å²) in [6, 6.07) is 15.5. The van der Waals surface area contributed by atoms with E-state index in [1.165, 1.54) is 12.1 Å². The number of carbonyl (C=O) groups is 1. The molecule has 4 nitrogen and oxygen atoms in total. The maximum atomic E-state index is 13.2. The van der Waals surface area contributed by atoms with Crippen LogP contribution >= 0.6 is 35.6 Å². The highest BCUT2D eigenvalue weighted by molar-refractivity contribution is 8.27. The van der Waals surface area contributed by atoms with E-state index in [0.29, 0.717) is 35.1 Å². The van der Waals surface area contributed by atoms with Crippen LogP contribution in [0.3, 0.4) is 0 Å². The Morgan fingerprint density at radius 2 is 1.85 bits per heavy atom. The van der Waals surface area contributed by atoms with Crippen LogP contribution in [0.15, 0.2) is 78.2 Å². The fraction of sp³-hybridized carbons (Fsp3) is 0.172. The van der Waals surface area contributed by atoms with Gasteiger partial charge in [0.25, 0.3) is 5.91 Å². The minimum absolute atomic E-state index is 0.0593. The molecule has 1 heterocycles. The summed E-state index contributed by atoms with van der Waals surface area (Å²) >= 11 is 12.4. The normalized spacial score (nSPS) is 14.7. The lowest BCUT2D eigenvalue weighted by Crippen LogP contribution is -2.27. The van der Waals surface area contributed by atoms with E-state index in [2.05, 4.69) is 6.58 Å². The molecule has 3 aromatic carbocycles. The third kappa shape index (κ3) is 6.84. The fourth-order valence-corrected chi connectivity index (χ4v) is 5.32. The molecule has 0 N–H and O–H groups in total. The number of halogens is 4. The van der Waals surface area contributed by atoms with Gasteiger partial charge in [0.15, 0.2) is 15.8 Å². The van der Waals surface area contributed by atoms with Gasteiger partial charge in [-0.05, 0) is 73.0 Å². The molecule has 1 aliphatic heterocycles. The quantitative estimate of drug-likeness (QED) is 0.142. The standard InChI is InChI=1S/C29H23ClF3NO3S2/c1-3-6-20-13-19(14-24(36-4-2)26(20)37-17-18-9-11-22(30)12-10-18)15-25-27(35)34(28(38)39-25)23-8-5-7-21(16-23)29(31,32)33/h3,5,7-16H,1,4,6,17H2,2H3/b25-15+.